The van der Waals surface area contributed by atoms with Crippen molar-refractivity contribution in [1.82, 2.24) is 15.0 Å². The summed E-state index contributed by atoms with van der Waals surface area (Å²) in [5.74, 6) is 0.163. The third kappa shape index (κ3) is 4.28. The highest BCUT2D eigenvalue weighted by Gasteiger charge is 2.24. The largest absolute Gasteiger partial charge is 0.360 e. The van der Waals surface area contributed by atoms with Crippen LogP contribution < -0.4 is 5.32 Å². The molecule has 0 bridgehead atoms. The van der Waals surface area contributed by atoms with Gasteiger partial charge in [-0.2, -0.15) is 0 Å². The van der Waals surface area contributed by atoms with Crippen molar-refractivity contribution in [1.29, 1.82) is 0 Å². The number of fused-ring (bicyclic) bond motifs is 1. The first-order chi connectivity index (χ1) is 14.1. The van der Waals surface area contributed by atoms with Crippen LogP contribution in [0.25, 0.3) is 10.9 Å². The number of nitrogens with one attached hydrogen (secondary N) is 1. The number of aromatic nitrogens is 3. The SMILES string of the molecule is O=[N+]([O-])c1c(NCc2ccc(Cl)cc2)ncnc1Sc1cccc2cccnc12. The Morgan fingerprint density at radius 1 is 1.03 bits per heavy atom. The van der Waals surface area contributed by atoms with Gasteiger partial charge in [-0.05, 0) is 29.8 Å². The van der Waals surface area contributed by atoms with Crippen molar-refractivity contribution in [3.63, 3.8) is 0 Å². The van der Waals surface area contributed by atoms with Gasteiger partial charge in [-0.15, -0.1) is 0 Å². The molecule has 0 fully saturated rings. The third-order valence-electron chi connectivity index (χ3n) is 4.15. The Kier molecular flexibility index (Phi) is 5.55. The molecule has 4 aromatic rings. The maximum absolute atomic E-state index is 11.8. The zero-order chi connectivity index (χ0) is 20.2. The van der Waals surface area contributed by atoms with Gasteiger partial charge in [0.05, 0.1) is 10.4 Å². The van der Waals surface area contributed by atoms with Crippen molar-refractivity contribution in [3.05, 3.63) is 87.8 Å². The predicted molar refractivity (Wildman–Crippen MR) is 113 cm³/mol. The standard InChI is InChI=1S/C20H14ClN5O2S/c21-15-8-6-13(7-9-15)11-23-19-18(26(27)28)20(25-12-24-19)29-16-5-1-3-14-4-2-10-22-17(14)16/h1-10,12H,11H2,(H,23,24,25). The van der Waals surface area contributed by atoms with Gasteiger partial charge in [0.15, 0.2) is 5.03 Å². The average Bonchev–Trinajstić information content (AvgIpc) is 2.73. The Bertz CT molecular complexity index is 1180. The molecule has 7 nitrogen and oxygen atoms in total. The van der Waals surface area contributed by atoms with E-state index in [1.807, 2.05) is 42.5 Å². The molecule has 2 aromatic carbocycles. The topological polar surface area (TPSA) is 93.8 Å². The van der Waals surface area contributed by atoms with E-state index < -0.39 is 4.92 Å². The second-order valence-corrected chi connectivity index (χ2v) is 7.51. The van der Waals surface area contributed by atoms with Crippen LogP contribution in [0, 0.1) is 10.1 Å². The van der Waals surface area contributed by atoms with Crippen molar-refractivity contribution in [2.45, 2.75) is 16.5 Å². The molecule has 0 radical (unpaired) electrons. The van der Waals surface area contributed by atoms with Gasteiger partial charge in [0.2, 0.25) is 5.82 Å². The van der Waals surface area contributed by atoms with Crippen molar-refractivity contribution in [2.24, 2.45) is 0 Å². The Morgan fingerprint density at radius 3 is 2.62 bits per heavy atom. The Hall–Kier alpha value is -3.23. The van der Waals surface area contributed by atoms with Gasteiger partial charge < -0.3 is 5.32 Å². The fraction of sp³-hybridized carbons (Fsp3) is 0.0500. The molecule has 1 N–H and O–H groups in total. The summed E-state index contributed by atoms with van der Waals surface area (Å²) in [6.07, 6.45) is 3.01. The Labute approximate surface area is 175 Å². The summed E-state index contributed by atoms with van der Waals surface area (Å²) in [6.45, 7) is 0.370. The fourth-order valence-corrected chi connectivity index (χ4v) is 3.90. The minimum absolute atomic E-state index is 0.163. The van der Waals surface area contributed by atoms with Crippen molar-refractivity contribution >= 4 is 45.8 Å². The quantitative estimate of drug-likeness (QED) is 0.254. The van der Waals surface area contributed by atoms with Crippen LogP contribution in [-0.2, 0) is 6.54 Å². The first kappa shape index (κ1) is 19.1. The lowest BCUT2D eigenvalue weighted by Gasteiger charge is -2.09. The number of halogens is 1. The number of nitro groups is 1. The molecule has 0 spiro atoms. The van der Waals surface area contributed by atoms with Crippen LogP contribution in [0.5, 0.6) is 0 Å². The summed E-state index contributed by atoms with van der Waals surface area (Å²) < 4.78 is 0. The summed E-state index contributed by atoms with van der Waals surface area (Å²) in [7, 11) is 0. The van der Waals surface area contributed by atoms with Crippen molar-refractivity contribution in [2.75, 3.05) is 5.32 Å². The van der Waals surface area contributed by atoms with Crippen LogP contribution in [0.1, 0.15) is 5.56 Å². The Balaban J connectivity index is 1.66. The molecule has 0 amide bonds. The lowest BCUT2D eigenvalue weighted by Crippen LogP contribution is -2.06. The van der Waals surface area contributed by atoms with E-state index in [-0.39, 0.29) is 16.5 Å². The van der Waals surface area contributed by atoms with E-state index in [1.54, 1.807) is 18.3 Å². The number of rotatable bonds is 6. The molecule has 0 atom stereocenters. The highest BCUT2D eigenvalue weighted by molar-refractivity contribution is 7.99. The maximum Gasteiger partial charge on any atom is 0.343 e. The smallest absolute Gasteiger partial charge is 0.343 e. The van der Waals surface area contributed by atoms with Gasteiger partial charge >= 0.3 is 5.69 Å². The molecule has 0 saturated heterocycles. The first-order valence-electron chi connectivity index (χ1n) is 8.61. The molecule has 29 heavy (non-hydrogen) atoms. The molecule has 0 saturated carbocycles. The molecule has 0 aliphatic carbocycles. The second-order valence-electron chi connectivity index (χ2n) is 6.05. The van der Waals surface area contributed by atoms with Crippen LogP contribution in [0.3, 0.4) is 0 Å². The summed E-state index contributed by atoms with van der Waals surface area (Å²) in [6, 6.07) is 16.7. The fourth-order valence-electron chi connectivity index (χ4n) is 2.78. The summed E-state index contributed by atoms with van der Waals surface area (Å²) in [5, 5.41) is 16.7. The molecule has 0 unspecified atom stereocenters. The molecule has 144 valence electrons. The number of anilines is 1. The molecule has 2 aromatic heterocycles. The molecule has 9 heteroatoms. The van der Waals surface area contributed by atoms with Crippen LogP contribution in [0.2, 0.25) is 5.02 Å². The van der Waals surface area contributed by atoms with Crippen LogP contribution >= 0.6 is 23.4 Å². The molecular weight excluding hydrogens is 410 g/mol. The zero-order valence-electron chi connectivity index (χ0n) is 14.9. The maximum atomic E-state index is 11.8. The van der Waals surface area contributed by atoms with Gasteiger partial charge in [0.1, 0.15) is 6.33 Å². The second kappa shape index (κ2) is 8.42. The van der Waals surface area contributed by atoms with Gasteiger partial charge in [-0.3, -0.25) is 15.1 Å². The van der Waals surface area contributed by atoms with E-state index in [9.17, 15) is 10.1 Å². The van der Waals surface area contributed by atoms with Crippen LogP contribution in [0.15, 0.2) is 77.0 Å². The van der Waals surface area contributed by atoms with Crippen molar-refractivity contribution < 1.29 is 4.92 Å². The van der Waals surface area contributed by atoms with E-state index >= 15 is 0 Å². The molecule has 4 rings (SSSR count). The first-order valence-corrected chi connectivity index (χ1v) is 9.80. The number of nitrogens with zero attached hydrogens (tertiary/aromatic N) is 4. The molecule has 0 aliphatic rings. The van der Waals surface area contributed by atoms with Crippen molar-refractivity contribution in [3.8, 4) is 0 Å². The van der Waals surface area contributed by atoms with Crippen LogP contribution in [0.4, 0.5) is 11.5 Å². The summed E-state index contributed by atoms with van der Waals surface area (Å²) in [5.41, 5.74) is 1.53. The molecule has 2 heterocycles. The highest BCUT2D eigenvalue weighted by atomic mass is 35.5. The number of benzene rings is 2. The number of para-hydroxylation sites is 1. The number of hydrogen-bond acceptors (Lipinski definition) is 7. The highest BCUT2D eigenvalue weighted by Crippen LogP contribution is 2.38. The van der Waals surface area contributed by atoms with Gasteiger partial charge in [-0.1, -0.05) is 53.7 Å². The van der Waals surface area contributed by atoms with E-state index in [4.69, 9.17) is 11.6 Å². The van der Waals surface area contributed by atoms with Gasteiger partial charge in [-0.25, -0.2) is 9.97 Å². The van der Waals surface area contributed by atoms with E-state index in [0.717, 1.165) is 21.4 Å². The minimum Gasteiger partial charge on any atom is -0.360 e. The third-order valence-corrected chi connectivity index (χ3v) is 5.44. The number of hydrogen-bond donors (Lipinski definition) is 1. The van der Waals surface area contributed by atoms with E-state index in [0.29, 0.717) is 11.6 Å². The minimum atomic E-state index is -0.467. The normalized spacial score (nSPS) is 10.8. The van der Waals surface area contributed by atoms with Gasteiger partial charge in [0.25, 0.3) is 0 Å². The Morgan fingerprint density at radius 2 is 1.83 bits per heavy atom. The summed E-state index contributed by atoms with van der Waals surface area (Å²) >= 11 is 7.09. The lowest BCUT2D eigenvalue weighted by molar-refractivity contribution is -0.387. The zero-order valence-corrected chi connectivity index (χ0v) is 16.5. The number of pyridine rings is 1. The predicted octanol–water partition coefficient (Wildman–Crippen LogP) is 5.35. The van der Waals surface area contributed by atoms with Crippen LogP contribution in [-0.4, -0.2) is 19.9 Å². The lowest BCUT2D eigenvalue weighted by atomic mass is 10.2. The van der Waals surface area contributed by atoms with E-state index in [2.05, 4.69) is 20.3 Å². The average molecular weight is 424 g/mol. The summed E-state index contributed by atoms with van der Waals surface area (Å²) in [4.78, 5) is 24.7. The van der Waals surface area contributed by atoms with Gasteiger partial charge in [0, 0.05) is 28.0 Å². The van der Waals surface area contributed by atoms with E-state index in [1.165, 1.54) is 18.1 Å². The monoisotopic (exact) mass is 423 g/mol. The molecular formula is C20H14ClN5O2S. The molecule has 0 aliphatic heterocycles.